The molecule has 0 aliphatic heterocycles. The van der Waals surface area contributed by atoms with Gasteiger partial charge < -0.3 is 65.7 Å². The van der Waals surface area contributed by atoms with Crippen molar-refractivity contribution in [2.75, 3.05) is 79.1 Å². The molecule has 0 saturated heterocycles. The molecule has 0 heterocycles. The molecule has 0 bridgehead atoms. The van der Waals surface area contributed by atoms with Crippen molar-refractivity contribution in [3.63, 3.8) is 0 Å². The van der Waals surface area contributed by atoms with Crippen LogP contribution in [-0.2, 0) is 47.7 Å². The van der Waals surface area contributed by atoms with Crippen LogP contribution in [0.25, 0.3) is 0 Å². The van der Waals surface area contributed by atoms with Gasteiger partial charge in [-0.05, 0) is 62.8 Å². The minimum absolute atomic E-state index is 0.0472. The summed E-state index contributed by atoms with van der Waals surface area (Å²) in [6.07, 6.45) is 8.44. The van der Waals surface area contributed by atoms with Crippen LogP contribution in [0.2, 0.25) is 0 Å². The number of carbonyl (C=O) groups is 7. The highest BCUT2D eigenvalue weighted by Crippen LogP contribution is 2.14. The molecule has 2 atom stereocenters. The van der Waals surface area contributed by atoms with E-state index in [0.29, 0.717) is 31.7 Å². The molecule has 20 heteroatoms. The predicted octanol–water partition coefficient (Wildman–Crippen LogP) is 0.306. The first-order chi connectivity index (χ1) is 28.9. The van der Waals surface area contributed by atoms with Crippen LogP contribution in [0.4, 0.5) is 0 Å². The van der Waals surface area contributed by atoms with Gasteiger partial charge >= 0.3 is 11.9 Å². The molecular weight excluding hydrogens is 785 g/mol. The number of carboxylic acids is 2. The zero-order chi connectivity index (χ0) is 44.2. The first-order valence-electron chi connectivity index (χ1n) is 20.7. The minimum Gasteiger partial charge on any atom is -0.494 e. The Bertz CT molecular complexity index is 1400. The van der Waals surface area contributed by atoms with Gasteiger partial charge in [0.15, 0.2) is 7.85 Å². The maximum absolute atomic E-state index is 12.3. The van der Waals surface area contributed by atoms with Gasteiger partial charge in [-0.2, -0.15) is 0 Å². The minimum atomic E-state index is -1.21. The van der Waals surface area contributed by atoms with Crippen LogP contribution in [-0.4, -0.2) is 150 Å². The quantitative estimate of drug-likeness (QED) is 0.0347. The zero-order valence-electron chi connectivity index (χ0n) is 35.0. The Morgan fingerprint density at radius 3 is 1.67 bits per heavy atom. The number of nitrogens with two attached hydrogens (primary N) is 1. The van der Waals surface area contributed by atoms with E-state index in [1.807, 2.05) is 0 Å². The van der Waals surface area contributed by atoms with E-state index in [0.717, 1.165) is 51.4 Å². The van der Waals surface area contributed by atoms with Crippen LogP contribution in [0.1, 0.15) is 93.8 Å². The van der Waals surface area contributed by atoms with Crippen LogP contribution >= 0.6 is 0 Å². The summed E-state index contributed by atoms with van der Waals surface area (Å²) in [6, 6.07) is 4.67. The maximum Gasteiger partial charge on any atom is 0.335 e. The number of nitrogens with one attached hydrogen (secondary N) is 4. The number of aromatic carboxylic acids is 1. The normalized spacial score (nSPS) is 11.9. The van der Waals surface area contributed by atoms with E-state index in [1.165, 1.54) is 20.0 Å². The van der Waals surface area contributed by atoms with E-state index >= 15 is 0 Å². The molecule has 0 aromatic heterocycles. The summed E-state index contributed by atoms with van der Waals surface area (Å²) in [4.78, 5) is 81.8. The summed E-state index contributed by atoms with van der Waals surface area (Å²) < 4.78 is 26.9. The van der Waals surface area contributed by atoms with Gasteiger partial charge in [-0.25, -0.2) is 9.59 Å². The van der Waals surface area contributed by atoms with Crippen LogP contribution in [0.3, 0.4) is 0 Å². The number of hydrogen-bond acceptors (Lipinski definition) is 13. The van der Waals surface area contributed by atoms with Crippen molar-refractivity contribution < 1.29 is 67.5 Å². The van der Waals surface area contributed by atoms with E-state index in [4.69, 9.17) is 34.5 Å². The fourth-order valence-corrected chi connectivity index (χ4v) is 5.36. The number of benzene rings is 1. The van der Waals surface area contributed by atoms with E-state index in [2.05, 4.69) is 21.3 Å². The first-order valence-corrected chi connectivity index (χ1v) is 20.7. The van der Waals surface area contributed by atoms with E-state index in [1.54, 1.807) is 12.1 Å². The molecule has 0 aliphatic rings. The van der Waals surface area contributed by atoms with Gasteiger partial charge in [-0.1, -0.05) is 32.1 Å². The molecule has 0 spiro atoms. The third kappa shape index (κ3) is 30.4. The van der Waals surface area contributed by atoms with Crippen LogP contribution in [0.5, 0.6) is 5.75 Å². The van der Waals surface area contributed by atoms with Gasteiger partial charge in [-0.15, -0.1) is 0 Å². The smallest absolute Gasteiger partial charge is 0.335 e. The van der Waals surface area contributed by atoms with Crippen LogP contribution in [0, 0.1) is 0 Å². The molecule has 4 amide bonds. The third-order valence-corrected chi connectivity index (χ3v) is 8.85. The summed E-state index contributed by atoms with van der Waals surface area (Å²) in [5.41, 5.74) is 5.83. The Morgan fingerprint density at radius 2 is 1.10 bits per heavy atom. The number of rotatable bonds is 39. The van der Waals surface area contributed by atoms with Gasteiger partial charge in [0.1, 0.15) is 25.0 Å². The molecular formula is C40H66BN5O14. The van der Waals surface area contributed by atoms with Crippen molar-refractivity contribution in [2.24, 2.45) is 5.73 Å². The van der Waals surface area contributed by atoms with Gasteiger partial charge in [0, 0.05) is 32.5 Å². The topological polar surface area (TPSA) is 280 Å². The highest BCUT2D eigenvalue weighted by atomic mass is 16.5. The molecule has 8 N–H and O–H groups in total. The number of carbonyl (C=O) groups excluding carboxylic acids is 5. The molecule has 1 aromatic rings. The highest BCUT2D eigenvalue weighted by molar-refractivity contribution is 6.59. The standard InChI is InChI=1S/C40H66BN5O14/c41-38(51)32(42)10-7-8-18-43-36(49)28-58-26-25-57-23-20-45-37(50)29-59-27-24-56-22-19-44-34(47)17-16-33(40(54)55)46-35(48)11-6-4-2-1-3-5-9-21-60-31-14-12-30(13-15-31)39(52)53/h12-15,32-33H,1-11,16-29,41-42H2,(H,43,49)(H,44,47)(H,45,50)(H,46,48)(H,52,53)(H,54,55). The number of aliphatic carboxylic acids is 1. The molecule has 2 unspecified atom stereocenters. The second kappa shape index (κ2) is 35.2. The molecule has 1 aromatic carbocycles. The lowest BCUT2D eigenvalue weighted by Gasteiger charge is -2.14. The Balaban J connectivity index is 1.93. The molecule has 0 aliphatic carbocycles. The Kier molecular flexibility index (Phi) is 31.3. The molecule has 0 saturated carbocycles. The van der Waals surface area contributed by atoms with Crippen molar-refractivity contribution >= 4 is 49.1 Å². The van der Waals surface area contributed by atoms with Crippen molar-refractivity contribution in [3.8, 4) is 5.75 Å². The summed E-state index contributed by atoms with van der Waals surface area (Å²) in [5, 5.41) is 29.0. The lowest BCUT2D eigenvalue weighted by molar-refractivity contribution is -0.142. The summed E-state index contributed by atoms with van der Waals surface area (Å²) in [7, 11) is 1.46. The van der Waals surface area contributed by atoms with E-state index in [-0.39, 0.29) is 120 Å². The summed E-state index contributed by atoms with van der Waals surface area (Å²) in [6.45, 7) is 2.49. The Morgan fingerprint density at radius 1 is 0.567 bits per heavy atom. The highest BCUT2D eigenvalue weighted by Gasteiger charge is 2.21. The SMILES string of the molecule is BC(=O)C(N)CCCCNC(=O)COCCOCCNC(=O)COCCOCCNC(=O)CCC(NC(=O)CCCCCCCCCOc1ccc(C(=O)O)cc1)C(=O)O. The molecule has 0 fully saturated rings. The first kappa shape index (κ1) is 53.4. The van der Waals surface area contributed by atoms with Crippen LogP contribution in [0.15, 0.2) is 24.3 Å². The summed E-state index contributed by atoms with van der Waals surface area (Å²) in [5.74, 6) is -2.86. The number of unbranched alkanes of at least 4 members (excludes halogenated alkanes) is 7. The number of carboxylic acid groups (broad SMARTS) is 2. The van der Waals surface area contributed by atoms with Gasteiger partial charge in [0.25, 0.3) is 0 Å². The van der Waals surface area contributed by atoms with Crippen molar-refractivity contribution in [1.82, 2.24) is 21.3 Å². The van der Waals surface area contributed by atoms with Crippen molar-refractivity contribution in [3.05, 3.63) is 29.8 Å². The zero-order valence-corrected chi connectivity index (χ0v) is 35.0. The van der Waals surface area contributed by atoms with E-state index < -0.39 is 24.0 Å². The largest absolute Gasteiger partial charge is 0.494 e. The second-order valence-electron chi connectivity index (χ2n) is 14.0. The molecule has 1 rings (SSSR count). The second-order valence-corrected chi connectivity index (χ2v) is 14.0. The number of ether oxygens (including phenoxy) is 5. The Hall–Kier alpha value is -4.63. The molecule has 19 nitrogen and oxygen atoms in total. The van der Waals surface area contributed by atoms with Crippen molar-refractivity contribution in [2.45, 2.75) is 95.6 Å². The number of amides is 4. The third-order valence-electron chi connectivity index (χ3n) is 8.85. The van der Waals surface area contributed by atoms with Crippen LogP contribution < -0.4 is 31.7 Å². The fourth-order valence-electron chi connectivity index (χ4n) is 5.36. The molecule has 0 radical (unpaired) electrons. The average Bonchev–Trinajstić information content (AvgIpc) is 3.21. The maximum atomic E-state index is 12.3. The van der Waals surface area contributed by atoms with Crippen molar-refractivity contribution in [1.29, 1.82) is 0 Å². The van der Waals surface area contributed by atoms with Gasteiger partial charge in [0.2, 0.25) is 23.6 Å². The summed E-state index contributed by atoms with van der Waals surface area (Å²) >= 11 is 0. The monoisotopic (exact) mass is 851 g/mol. The molecule has 60 heavy (non-hydrogen) atoms. The lowest BCUT2D eigenvalue weighted by Crippen LogP contribution is -2.41. The van der Waals surface area contributed by atoms with E-state index in [9.17, 15) is 38.7 Å². The predicted molar refractivity (Wildman–Crippen MR) is 222 cm³/mol. The fraction of sp³-hybridized carbons (Fsp3) is 0.675. The Labute approximate surface area is 353 Å². The van der Waals surface area contributed by atoms with Gasteiger partial charge in [-0.3, -0.25) is 19.2 Å². The lowest BCUT2D eigenvalue weighted by atomic mass is 9.92. The average molecular weight is 852 g/mol. The molecule has 338 valence electrons. The van der Waals surface area contributed by atoms with Gasteiger partial charge in [0.05, 0.1) is 63.5 Å². The number of hydrogen-bond donors (Lipinski definition) is 7.